The van der Waals surface area contributed by atoms with Crippen LogP contribution in [0.3, 0.4) is 0 Å². The third-order valence-electron chi connectivity index (χ3n) is 14.2. The van der Waals surface area contributed by atoms with Crippen molar-refractivity contribution in [3.8, 4) is 0 Å². The van der Waals surface area contributed by atoms with Crippen molar-refractivity contribution in [2.75, 3.05) is 13.2 Å². The SMILES string of the molecule is CC/C=C\C/C=C\C/C=C\C/C=C\C/C=C\CCCC(=O)OC(COC(=O)CCCCCCC/C=C\CCCCCC)COC(=O)CCCCCCCCCCCCCCCCCC/C=C\C/C=C\C/C=C\CCCCCCC. The molecule has 0 radical (unpaired) electrons. The zero-order valence-electron chi connectivity index (χ0n) is 51.9. The average molecular weight is 1100 g/mol. The highest BCUT2D eigenvalue weighted by Crippen LogP contribution is 2.16. The molecule has 0 aromatic rings. The van der Waals surface area contributed by atoms with Gasteiger partial charge in [-0.05, 0) is 122 Å². The molecule has 0 spiro atoms. The highest BCUT2D eigenvalue weighted by atomic mass is 16.6. The Bertz CT molecular complexity index is 1590. The van der Waals surface area contributed by atoms with Crippen molar-refractivity contribution in [2.24, 2.45) is 0 Å². The van der Waals surface area contributed by atoms with Gasteiger partial charge in [0, 0.05) is 19.3 Å². The van der Waals surface area contributed by atoms with E-state index in [0.29, 0.717) is 19.3 Å². The minimum Gasteiger partial charge on any atom is -0.462 e. The summed E-state index contributed by atoms with van der Waals surface area (Å²) in [5.74, 6) is -0.963. The first kappa shape index (κ1) is 75.1. The fourth-order valence-electron chi connectivity index (χ4n) is 9.25. The number of esters is 3. The van der Waals surface area contributed by atoms with E-state index in [4.69, 9.17) is 14.2 Å². The standard InChI is InChI=1S/C73H124O6/c1-4-7-10-13-16-19-22-25-27-29-30-31-32-33-34-35-36-37-38-39-40-41-42-44-45-48-51-54-57-60-63-66-72(75)78-69-70(68-77-71(74)65-62-59-56-53-50-47-24-21-18-15-12-9-6-3)79-73(76)67-64-61-58-55-52-49-46-43-28-26-23-20-17-14-11-8-5-2/h8,11,17,20-22,24-26,28-30,32-33,46,49,55,58,70H,4-7,9-10,12-16,18-19,23,27,31,34-45,47-48,50-54,56-57,59-69H2,1-3H3/b11-8-,20-17-,24-21-,25-22-,28-26-,30-29-,33-32-,49-46-,58-55-. The first-order valence-electron chi connectivity index (χ1n) is 33.4. The molecular weight excluding hydrogens is 973 g/mol. The molecule has 6 nitrogen and oxygen atoms in total. The molecule has 0 saturated carbocycles. The second-order valence-electron chi connectivity index (χ2n) is 22.0. The molecule has 79 heavy (non-hydrogen) atoms. The Labute approximate surface area is 489 Å². The Hall–Kier alpha value is -3.93. The molecule has 1 atom stereocenters. The fourth-order valence-corrected chi connectivity index (χ4v) is 9.25. The third-order valence-corrected chi connectivity index (χ3v) is 14.2. The van der Waals surface area contributed by atoms with Gasteiger partial charge in [0.05, 0.1) is 0 Å². The number of carbonyl (C=O) groups excluding carboxylic acids is 3. The summed E-state index contributed by atoms with van der Waals surface area (Å²) in [6.07, 6.45) is 91.2. The van der Waals surface area contributed by atoms with E-state index in [1.165, 1.54) is 167 Å². The summed E-state index contributed by atoms with van der Waals surface area (Å²) in [7, 11) is 0. The van der Waals surface area contributed by atoms with Crippen molar-refractivity contribution in [1.29, 1.82) is 0 Å². The molecule has 0 aliphatic rings. The van der Waals surface area contributed by atoms with Gasteiger partial charge in [-0.25, -0.2) is 0 Å². The molecule has 452 valence electrons. The van der Waals surface area contributed by atoms with E-state index < -0.39 is 6.10 Å². The molecule has 0 heterocycles. The van der Waals surface area contributed by atoms with Crippen molar-refractivity contribution in [1.82, 2.24) is 0 Å². The predicted octanol–water partition coefficient (Wildman–Crippen LogP) is 23.0. The third kappa shape index (κ3) is 64.8. The van der Waals surface area contributed by atoms with Crippen LogP contribution in [0, 0.1) is 0 Å². The van der Waals surface area contributed by atoms with Gasteiger partial charge in [-0.15, -0.1) is 0 Å². The summed E-state index contributed by atoms with van der Waals surface area (Å²) in [4.78, 5) is 38.3. The number of carbonyl (C=O) groups is 3. The molecule has 0 bridgehead atoms. The van der Waals surface area contributed by atoms with Gasteiger partial charge in [0.15, 0.2) is 6.10 Å². The zero-order chi connectivity index (χ0) is 57.1. The van der Waals surface area contributed by atoms with Gasteiger partial charge in [0.25, 0.3) is 0 Å². The maximum Gasteiger partial charge on any atom is 0.306 e. The van der Waals surface area contributed by atoms with Gasteiger partial charge >= 0.3 is 17.9 Å². The van der Waals surface area contributed by atoms with Gasteiger partial charge < -0.3 is 14.2 Å². The Morgan fingerprint density at radius 1 is 0.266 bits per heavy atom. The van der Waals surface area contributed by atoms with Crippen molar-refractivity contribution in [2.45, 2.75) is 322 Å². The number of ether oxygens (including phenoxy) is 3. The molecule has 0 saturated heterocycles. The van der Waals surface area contributed by atoms with E-state index in [1.807, 2.05) is 0 Å². The number of allylic oxidation sites excluding steroid dienone is 18. The molecular formula is C73H124O6. The van der Waals surface area contributed by atoms with E-state index in [0.717, 1.165) is 103 Å². The van der Waals surface area contributed by atoms with Gasteiger partial charge in [-0.2, -0.15) is 0 Å². The van der Waals surface area contributed by atoms with Crippen molar-refractivity contribution in [3.63, 3.8) is 0 Å². The molecule has 6 heteroatoms. The molecule has 0 fully saturated rings. The van der Waals surface area contributed by atoms with Crippen LogP contribution in [0.15, 0.2) is 109 Å². The molecule has 0 N–H and O–H groups in total. The van der Waals surface area contributed by atoms with Crippen LogP contribution < -0.4 is 0 Å². The van der Waals surface area contributed by atoms with Crippen molar-refractivity contribution < 1.29 is 28.6 Å². The van der Waals surface area contributed by atoms with Gasteiger partial charge in [0.1, 0.15) is 13.2 Å². The van der Waals surface area contributed by atoms with E-state index >= 15 is 0 Å². The smallest absolute Gasteiger partial charge is 0.306 e. The van der Waals surface area contributed by atoms with E-state index in [-0.39, 0.29) is 37.5 Å². The summed E-state index contributed by atoms with van der Waals surface area (Å²) >= 11 is 0. The Morgan fingerprint density at radius 2 is 0.506 bits per heavy atom. The molecule has 0 aromatic carbocycles. The minimum absolute atomic E-state index is 0.103. The van der Waals surface area contributed by atoms with E-state index in [1.54, 1.807) is 0 Å². The molecule has 0 aromatic heterocycles. The first-order valence-corrected chi connectivity index (χ1v) is 33.4. The number of hydrogen-bond acceptors (Lipinski definition) is 6. The van der Waals surface area contributed by atoms with Crippen LogP contribution in [0.4, 0.5) is 0 Å². The normalized spacial score (nSPS) is 12.8. The summed E-state index contributed by atoms with van der Waals surface area (Å²) in [5.41, 5.74) is 0. The maximum atomic E-state index is 12.9. The van der Waals surface area contributed by atoms with Crippen LogP contribution in [0.25, 0.3) is 0 Å². The lowest BCUT2D eigenvalue weighted by atomic mass is 10.0. The zero-order valence-corrected chi connectivity index (χ0v) is 51.9. The first-order chi connectivity index (χ1) is 39.0. The summed E-state index contributed by atoms with van der Waals surface area (Å²) < 4.78 is 16.9. The lowest BCUT2D eigenvalue weighted by Crippen LogP contribution is -2.30. The molecule has 0 aliphatic carbocycles. The highest BCUT2D eigenvalue weighted by molar-refractivity contribution is 5.71. The average Bonchev–Trinajstić information content (AvgIpc) is 3.45. The van der Waals surface area contributed by atoms with Crippen LogP contribution in [-0.2, 0) is 28.6 Å². The van der Waals surface area contributed by atoms with Crippen molar-refractivity contribution >= 4 is 17.9 Å². The molecule has 0 aliphatic heterocycles. The van der Waals surface area contributed by atoms with Gasteiger partial charge in [-0.3, -0.25) is 14.4 Å². The van der Waals surface area contributed by atoms with Crippen LogP contribution in [0.5, 0.6) is 0 Å². The second-order valence-corrected chi connectivity index (χ2v) is 22.0. The summed E-state index contributed by atoms with van der Waals surface area (Å²) in [6.45, 7) is 6.46. The molecule has 1 unspecified atom stereocenters. The largest absolute Gasteiger partial charge is 0.462 e. The van der Waals surface area contributed by atoms with Crippen LogP contribution in [0.2, 0.25) is 0 Å². The summed E-state index contributed by atoms with van der Waals surface area (Å²) in [6, 6.07) is 0. The van der Waals surface area contributed by atoms with Crippen LogP contribution >= 0.6 is 0 Å². The fraction of sp³-hybridized carbons (Fsp3) is 0.712. The van der Waals surface area contributed by atoms with E-state index in [9.17, 15) is 14.4 Å². The molecule has 0 amide bonds. The topological polar surface area (TPSA) is 78.9 Å². The predicted molar refractivity (Wildman–Crippen MR) is 343 cm³/mol. The number of unbranched alkanes of at least 4 members (excludes halogenated alkanes) is 31. The Kier molecular flexibility index (Phi) is 63.3. The monoisotopic (exact) mass is 1100 g/mol. The lowest BCUT2D eigenvalue weighted by molar-refractivity contribution is -0.167. The van der Waals surface area contributed by atoms with Crippen molar-refractivity contribution in [3.05, 3.63) is 109 Å². The van der Waals surface area contributed by atoms with Gasteiger partial charge in [-0.1, -0.05) is 284 Å². The Balaban J connectivity index is 4.26. The highest BCUT2D eigenvalue weighted by Gasteiger charge is 2.19. The van der Waals surface area contributed by atoms with Gasteiger partial charge in [0.2, 0.25) is 0 Å². The second kappa shape index (κ2) is 66.6. The Morgan fingerprint density at radius 3 is 0.835 bits per heavy atom. The quantitative estimate of drug-likeness (QED) is 0.0261. The van der Waals surface area contributed by atoms with Crippen LogP contribution in [-0.4, -0.2) is 37.2 Å². The summed E-state index contributed by atoms with van der Waals surface area (Å²) in [5, 5.41) is 0. The molecule has 0 rings (SSSR count). The minimum atomic E-state index is -0.813. The van der Waals surface area contributed by atoms with E-state index in [2.05, 4.69) is 130 Å². The van der Waals surface area contributed by atoms with Crippen LogP contribution in [0.1, 0.15) is 316 Å². The number of rotatable bonds is 60. The maximum absolute atomic E-state index is 12.9. The lowest BCUT2D eigenvalue weighted by Gasteiger charge is -2.18. The number of hydrogen-bond donors (Lipinski definition) is 0.